The summed E-state index contributed by atoms with van der Waals surface area (Å²) >= 11 is 0. The minimum absolute atomic E-state index is 0.321. The third-order valence-corrected chi connectivity index (χ3v) is 2.14. The van der Waals surface area contributed by atoms with Crippen molar-refractivity contribution in [2.75, 3.05) is 6.54 Å². The van der Waals surface area contributed by atoms with Crippen LogP contribution in [-0.4, -0.2) is 18.4 Å². The van der Waals surface area contributed by atoms with Crippen molar-refractivity contribution in [1.29, 1.82) is 0 Å². The molecule has 0 aliphatic carbocycles. The van der Waals surface area contributed by atoms with E-state index < -0.39 is 0 Å². The van der Waals surface area contributed by atoms with Crippen LogP contribution in [0.5, 0.6) is 0 Å². The standard InChI is InChI=1S/C10H17NO/c1-8(2)6-10(12)7-9-4-3-5-11-9/h9,11H,1,3-7H2,2H3. The van der Waals surface area contributed by atoms with E-state index in [1.54, 1.807) is 0 Å². The van der Waals surface area contributed by atoms with E-state index >= 15 is 0 Å². The van der Waals surface area contributed by atoms with Crippen LogP contribution in [-0.2, 0) is 4.79 Å². The second-order valence-corrected chi connectivity index (χ2v) is 3.67. The van der Waals surface area contributed by atoms with Gasteiger partial charge in [-0.15, -0.1) is 0 Å². The summed E-state index contributed by atoms with van der Waals surface area (Å²) in [5.74, 6) is 0.321. The fourth-order valence-electron chi connectivity index (χ4n) is 1.61. The molecule has 0 spiro atoms. The molecule has 1 rings (SSSR count). The zero-order valence-corrected chi connectivity index (χ0v) is 7.73. The van der Waals surface area contributed by atoms with Gasteiger partial charge in [0.15, 0.2) is 0 Å². The topological polar surface area (TPSA) is 29.1 Å². The molecule has 2 heteroatoms. The molecule has 68 valence electrons. The lowest BCUT2D eigenvalue weighted by Crippen LogP contribution is -2.24. The number of carbonyl (C=O) groups excluding carboxylic acids is 1. The van der Waals surface area contributed by atoms with Crippen molar-refractivity contribution in [3.05, 3.63) is 12.2 Å². The highest BCUT2D eigenvalue weighted by molar-refractivity contribution is 5.81. The predicted molar refractivity (Wildman–Crippen MR) is 50.1 cm³/mol. The van der Waals surface area contributed by atoms with Crippen LogP contribution in [0.4, 0.5) is 0 Å². The monoisotopic (exact) mass is 167 g/mol. The third kappa shape index (κ3) is 3.18. The molecular weight excluding hydrogens is 150 g/mol. The molecule has 1 aliphatic rings. The highest BCUT2D eigenvalue weighted by atomic mass is 16.1. The van der Waals surface area contributed by atoms with Crippen molar-refractivity contribution in [2.24, 2.45) is 0 Å². The maximum atomic E-state index is 11.3. The second-order valence-electron chi connectivity index (χ2n) is 3.67. The Bertz CT molecular complexity index is 180. The van der Waals surface area contributed by atoms with Crippen LogP contribution >= 0.6 is 0 Å². The number of carbonyl (C=O) groups is 1. The van der Waals surface area contributed by atoms with Gasteiger partial charge in [0, 0.05) is 18.9 Å². The molecule has 0 aromatic carbocycles. The Morgan fingerprint density at radius 1 is 1.67 bits per heavy atom. The molecule has 0 aromatic rings. The van der Waals surface area contributed by atoms with Crippen molar-refractivity contribution < 1.29 is 4.79 Å². The largest absolute Gasteiger partial charge is 0.314 e. The van der Waals surface area contributed by atoms with Gasteiger partial charge in [-0.1, -0.05) is 12.2 Å². The Kier molecular flexibility index (Phi) is 3.48. The first kappa shape index (κ1) is 9.46. The lowest BCUT2D eigenvalue weighted by Gasteiger charge is -2.08. The molecule has 0 aromatic heterocycles. The van der Waals surface area contributed by atoms with Crippen molar-refractivity contribution in [1.82, 2.24) is 5.32 Å². The van der Waals surface area contributed by atoms with Crippen LogP contribution in [0.3, 0.4) is 0 Å². The van der Waals surface area contributed by atoms with E-state index in [0.29, 0.717) is 24.7 Å². The van der Waals surface area contributed by atoms with Crippen molar-refractivity contribution in [3.8, 4) is 0 Å². The molecule has 1 N–H and O–H groups in total. The Morgan fingerprint density at radius 3 is 2.92 bits per heavy atom. The van der Waals surface area contributed by atoms with Gasteiger partial charge in [-0.25, -0.2) is 0 Å². The van der Waals surface area contributed by atoms with E-state index in [0.717, 1.165) is 18.5 Å². The molecule has 1 aliphatic heterocycles. The van der Waals surface area contributed by atoms with Crippen molar-refractivity contribution in [2.45, 2.75) is 38.6 Å². The molecule has 1 saturated heterocycles. The Labute approximate surface area is 74.0 Å². The molecule has 0 radical (unpaired) electrons. The Morgan fingerprint density at radius 2 is 2.42 bits per heavy atom. The Balaban J connectivity index is 2.20. The number of rotatable bonds is 4. The first-order valence-electron chi connectivity index (χ1n) is 4.58. The fraction of sp³-hybridized carbons (Fsp3) is 0.700. The van der Waals surface area contributed by atoms with E-state index in [1.165, 1.54) is 6.42 Å². The summed E-state index contributed by atoms with van der Waals surface area (Å²) in [6.45, 7) is 6.71. The van der Waals surface area contributed by atoms with Gasteiger partial charge in [0.1, 0.15) is 5.78 Å². The minimum atomic E-state index is 0.321. The lowest BCUT2D eigenvalue weighted by atomic mass is 10.0. The highest BCUT2D eigenvalue weighted by Gasteiger charge is 2.16. The third-order valence-electron chi connectivity index (χ3n) is 2.14. The molecule has 1 unspecified atom stereocenters. The van der Waals surface area contributed by atoms with Gasteiger partial charge in [-0.2, -0.15) is 0 Å². The SMILES string of the molecule is C=C(C)CC(=O)CC1CCCN1. The summed E-state index contributed by atoms with van der Waals surface area (Å²) in [7, 11) is 0. The summed E-state index contributed by atoms with van der Waals surface area (Å²) < 4.78 is 0. The molecule has 1 atom stereocenters. The van der Waals surface area contributed by atoms with E-state index in [2.05, 4.69) is 11.9 Å². The molecule has 2 nitrogen and oxygen atoms in total. The molecule has 0 saturated carbocycles. The number of ketones is 1. The van der Waals surface area contributed by atoms with Gasteiger partial charge >= 0.3 is 0 Å². The van der Waals surface area contributed by atoms with Crippen molar-refractivity contribution >= 4 is 5.78 Å². The summed E-state index contributed by atoms with van der Waals surface area (Å²) in [5, 5.41) is 3.31. The summed E-state index contributed by atoms with van der Waals surface area (Å²) in [4.78, 5) is 11.3. The van der Waals surface area contributed by atoms with Gasteiger partial charge in [0.05, 0.1) is 0 Å². The smallest absolute Gasteiger partial charge is 0.138 e. The maximum absolute atomic E-state index is 11.3. The first-order chi connectivity index (χ1) is 5.68. The lowest BCUT2D eigenvalue weighted by molar-refractivity contribution is -0.118. The van der Waals surface area contributed by atoms with Gasteiger partial charge in [0.25, 0.3) is 0 Å². The molecular formula is C10H17NO. The normalized spacial score (nSPS) is 22.6. The summed E-state index contributed by atoms with van der Waals surface area (Å²) in [5.41, 5.74) is 0.970. The van der Waals surface area contributed by atoms with Crippen LogP contribution in [0.25, 0.3) is 0 Å². The zero-order valence-electron chi connectivity index (χ0n) is 7.73. The van der Waals surface area contributed by atoms with E-state index in [9.17, 15) is 4.79 Å². The van der Waals surface area contributed by atoms with Crippen LogP contribution in [0.1, 0.15) is 32.6 Å². The number of Topliss-reactive ketones (excluding diaryl/α,β-unsaturated/α-hetero) is 1. The van der Waals surface area contributed by atoms with Gasteiger partial charge in [-0.3, -0.25) is 4.79 Å². The molecule has 1 fully saturated rings. The van der Waals surface area contributed by atoms with Gasteiger partial charge in [-0.05, 0) is 26.3 Å². The average Bonchev–Trinajstić information content (AvgIpc) is 2.37. The number of hydrogen-bond donors (Lipinski definition) is 1. The molecule has 1 heterocycles. The van der Waals surface area contributed by atoms with E-state index in [4.69, 9.17) is 0 Å². The molecule has 0 amide bonds. The second kappa shape index (κ2) is 4.41. The minimum Gasteiger partial charge on any atom is -0.314 e. The Hall–Kier alpha value is -0.630. The van der Waals surface area contributed by atoms with Crippen LogP contribution in [0.15, 0.2) is 12.2 Å². The van der Waals surface area contributed by atoms with Crippen LogP contribution in [0.2, 0.25) is 0 Å². The zero-order chi connectivity index (χ0) is 8.97. The number of nitrogens with one attached hydrogen (secondary N) is 1. The van der Waals surface area contributed by atoms with Crippen LogP contribution < -0.4 is 5.32 Å². The maximum Gasteiger partial charge on any atom is 0.138 e. The van der Waals surface area contributed by atoms with Crippen molar-refractivity contribution in [3.63, 3.8) is 0 Å². The fourth-order valence-corrected chi connectivity index (χ4v) is 1.61. The summed E-state index contributed by atoms with van der Waals surface area (Å²) in [6.07, 6.45) is 3.61. The highest BCUT2D eigenvalue weighted by Crippen LogP contribution is 2.11. The van der Waals surface area contributed by atoms with E-state index in [1.807, 2.05) is 6.92 Å². The van der Waals surface area contributed by atoms with E-state index in [-0.39, 0.29) is 0 Å². The number of hydrogen-bond acceptors (Lipinski definition) is 2. The molecule has 12 heavy (non-hydrogen) atoms. The number of allylic oxidation sites excluding steroid dienone is 1. The van der Waals surface area contributed by atoms with Gasteiger partial charge < -0.3 is 5.32 Å². The average molecular weight is 167 g/mol. The van der Waals surface area contributed by atoms with Crippen LogP contribution in [0, 0.1) is 0 Å². The molecule has 0 bridgehead atoms. The quantitative estimate of drug-likeness (QED) is 0.645. The first-order valence-corrected chi connectivity index (χ1v) is 4.58. The summed E-state index contributed by atoms with van der Waals surface area (Å²) in [6, 6.07) is 0.442. The van der Waals surface area contributed by atoms with Gasteiger partial charge in [0.2, 0.25) is 0 Å². The predicted octanol–water partition coefficient (Wildman–Crippen LogP) is 1.66.